The van der Waals surface area contributed by atoms with E-state index in [-0.39, 0.29) is 5.91 Å². The van der Waals surface area contributed by atoms with Gasteiger partial charge in [-0.25, -0.2) is 0 Å². The molecule has 0 spiro atoms. The van der Waals surface area contributed by atoms with Crippen molar-refractivity contribution >= 4 is 5.91 Å². The lowest BCUT2D eigenvalue weighted by atomic mass is 9.90. The van der Waals surface area contributed by atoms with Crippen molar-refractivity contribution in [3.8, 4) is 0 Å². The fraction of sp³-hybridized carbons (Fsp3) is 0.933. The van der Waals surface area contributed by atoms with Gasteiger partial charge < -0.3 is 20.3 Å². The lowest BCUT2D eigenvalue weighted by Crippen LogP contribution is -2.57. The van der Waals surface area contributed by atoms with Gasteiger partial charge in [-0.15, -0.1) is 0 Å². The molecule has 1 amide bonds. The van der Waals surface area contributed by atoms with Gasteiger partial charge >= 0.3 is 0 Å². The minimum Gasteiger partial charge on any atom is -0.368 e. The Morgan fingerprint density at radius 2 is 2.00 bits per heavy atom. The molecule has 5 nitrogen and oxygen atoms in total. The molecule has 2 aliphatic heterocycles. The Morgan fingerprint density at radius 3 is 2.55 bits per heavy atom. The van der Waals surface area contributed by atoms with E-state index in [0.717, 1.165) is 51.9 Å². The maximum atomic E-state index is 12.5. The van der Waals surface area contributed by atoms with Gasteiger partial charge in [-0.3, -0.25) is 4.79 Å². The topological polar surface area (TPSA) is 53.6 Å². The highest BCUT2D eigenvalue weighted by Gasteiger charge is 2.40. The van der Waals surface area contributed by atoms with E-state index in [1.807, 2.05) is 0 Å². The second kappa shape index (κ2) is 7.38. The number of hydrogen-bond acceptors (Lipinski definition) is 4. The molecule has 2 N–H and O–H groups in total. The van der Waals surface area contributed by atoms with Gasteiger partial charge in [0.1, 0.15) is 5.60 Å². The Bertz CT molecular complexity index is 308. The second-order valence-electron chi connectivity index (χ2n) is 6.04. The first kappa shape index (κ1) is 15.7. The molecule has 5 heteroatoms. The highest BCUT2D eigenvalue weighted by atomic mass is 16.5. The van der Waals surface area contributed by atoms with E-state index in [4.69, 9.17) is 4.74 Å². The molecule has 2 fully saturated rings. The molecule has 0 atom stereocenters. The molecule has 2 saturated heterocycles. The Kier molecular flexibility index (Phi) is 5.81. The molecule has 0 bridgehead atoms. The van der Waals surface area contributed by atoms with Crippen LogP contribution in [0.1, 0.15) is 39.0 Å². The molecule has 116 valence electrons. The molecule has 0 aliphatic carbocycles. The number of carbonyl (C=O) groups is 1. The summed E-state index contributed by atoms with van der Waals surface area (Å²) in [5.74, 6) is 0.0930. The Balaban J connectivity index is 1.82. The van der Waals surface area contributed by atoms with Gasteiger partial charge in [0.2, 0.25) is 0 Å². The van der Waals surface area contributed by atoms with E-state index in [0.29, 0.717) is 6.04 Å². The quantitative estimate of drug-likeness (QED) is 0.782. The smallest absolute Gasteiger partial charge is 0.252 e. The van der Waals surface area contributed by atoms with Crippen LogP contribution >= 0.6 is 0 Å². The predicted molar refractivity (Wildman–Crippen MR) is 79.7 cm³/mol. The van der Waals surface area contributed by atoms with Crippen LogP contribution in [0.3, 0.4) is 0 Å². The molecular formula is C15H29N3O2. The number of amides is 1. The maximum absolute atomic E-state index is 12.5. The Morgan fingerprint density at radius 1 is 1.35 bits per heavy atom. The van der Waals surface area contributed by atoms with Crippen LogP contribution in [0.5, 0.6) is 0 Å². The van der Waals surface area contributed by atoms with E-state index in [2.05, 4.69) is 22.5 Å². The lowest BCUT2D eigenvalue weighted by molar-refractivity contribution is -0.147. The molecule has 2 aliphatic rings. The average Bonchev–Trinajstić information content (AvgIpc) is 2.50. The maximum Gasteiger partial charge on any atom is 0.252 e. The van der Waals surface area contributed by atoms with E-state index < -0.39 is 5.60 Å². The van der Waals surface area contributed by atoms with Crippen LogP contribution in [0.2, 0.25) is 0 Å². The van der Waals surface area contributed by atoms with E-state index >= 15 is 0 Å². The van der Waals surface area contributed by atoms with Gasteiger partial charge in [0.25, 0.3) is 5.91 Å². The summed E-state index contributed by atoms with van der Waals surface area (Å²) < 4.78 is 5.58. The minimum atomic E-state index is -0.605. The molecule has 0 unspecified atom stereocenters. The van der Waals surface area contributed by atoms with Crippen molar-refractivity contribution in [3.05, 3.63) is 0 Å². The lowest BCUT2D eigenvalue weighted by Gasteiger charge is -2.38. The highest BCUT2D eigenvalue weighted by molar-refractivity contribution is 5.85. The molecule has 2 rings (SSSR count). The number of methoxy groups -OCH3 is 1. The summed E-state index contributed by atoms with van der Waals surface area (Å²) in [6.07, 6.45) is 4.86. The van der Waals surface area contributed by atoms with Gasteiger partial charge in [-0.2, -0.15) is 0 Å². The largest absolute Gasteiger partial charge is 0.368 e. The number of hydrogen-bond donors (Lipinski definition) is 2. The van der Waals surface area contributed by atoms with Crippen molar-refractivity contribution in [2.75, 3.05) is 39.8 Å². The Hall–Kier alpha value is -0.650. The van der Waals surface area contributed by atoms with Crippen LogP contribution < -0.4 is 10.6 Å². The summed E-state index contributed by atoms with van der Waals surface area (Å²) in [4.78, 5) is 15.0. The third kappa shape index (κ3) is 3.71. The Labute approximate surface area is 122 Å². The monoisotopic (exact) mass is 283 g/mol. The minimum absolute atomic E-state index is 0.0930. The molecular weight excluding hydrogens is 254 g/mol. The predicted octanol–water partition coefficient (Wildman–Crippen LogP) is 0.746. The van der Waals surface area contributed by atoms with Gasteiger partial charge in [-0.05, 0) is 51.7 Å². The zero-order chi connectivity index (χ0) is 14.4. The number of piperidine rings is 2. The summed E-state index contributed by atoms with van der Waals surface area (Å²) in [6.45, 7) is 7.30. The van der Waals surface area contributed by atoms with Gasteiger partial charge in [0.05, 0.1) is 0 Å². The molecule has 20 heavy (non-hydrogen) atoms. The first-order chi connectivity index (χ1) is 9.70. The zero-order valence-electron chi connectivity index (χ0n) is 12.9. The van der Waals surface area contributed by atoms with Crippen LogP contribution in [0.25, 0.3) is 0 Å². The van der Waals surface area contributed by atoms with Crippen molar-refractivity contribution in [3.63, 3.8) is 0 Å². The third-order valence-electron chi connectivity index (χ3n) is 4.68. The van der Waals surface area contributed by atoms with E-state index in [1.54, 1.807) is 7.11 Å². The van der Waals surface area contributed by atoms with Crippen LogP contribution in [0, 0.1) is 0 Å². The van der Waals surface area contributed by atoms with Crippen molar-refractivity contribution < 1.29 is 9.53 Å². The van der Waals surface area contributed by atoms with E-state index in [9.17, 15) is 4.79 Å². The summed E-state index contributed by atoms with van der Waals surface area (Å²) in [6, 6.07) is 0.317. The second-order valence-corrected chi connectivity index (χ2v) is 6.04. The molecule has 0 saturated carbocycles. The summed E-state index contributed by atoms with van der Waals surface area (Å²) in [7, 11) is 1.66. The van der Waals surface area contributed by atoms with Crippen LogP contribution in [0.15, 0.2) is 0 Å². The van der Waals surface area contributed by atoms with Crippen molar-refractivity contribution in [1.29, 1.82) is 0 Å². The first-order valence-electron chi connectivity index (χ1n) is 7.99. The summed E-state index contributed by atoms with van der Waals surface area (Å²) in [5, 5.41) is 6.51. The van der Waals surface area contributed by atoms with Gasteiger partial charge in [0, 0.05) is 26.2 Å². The van der Waals surface area contributed by atoms with Crippen molar-refractivity contribution in [2.24, 2.45) is 0 Å². The van der Waals surface area contributed by atoms with Crippen molar-refractivity contribution in [1.82, 2.24) is 15.5 Å². The van der Waals surface area contributed by atoms with Gasteiger partial charge in [0.15, 0.2) is 0 Å². The number of carbonyl (C=O) groups excluding carboxylic acids is 1. The number of likely N-dealkylation sites (tertiary alicyclic amines) is 1. The molecule has 0 aromatic carbocycles. The third-order valence-corrected chi connectivity index (χ3v) is 4.68. The normalized spacial score (nSPS) is 24.5. The number of nitrogens with one attached hydrogen (secondary N) is 2. The number of rotatable bonds is 5. The number of nitrogens with zero attached hydrogens (tertiary/aromatic N) is 1. The van der Waals surface area contributed by atoms with Crippen LogP contribution in [-0.4, -0.2) is 62.3 Å². The fourth-order valence-corrected chi connectivity index (χ4v) is 3.29. The van der Waals surface area contributed by atoms with Crippen LogP contribution in [-0.2, 0) is 9.53 Å². The SMILES string of the molecule is CCCN1CCC(NC(=O)C2(OC)CCNCC2)CC1. The zero-order valence-corrected chi connectivity index (χ0v) is 12.9. The molecule has 2 heterocycles. The average molecular weight is 283 g/mol. The fourth-order valence-electron chi connectivity index (χ4n) is 3.29. The summed E-state index contributed by atoms with van der Waals surface area (Å²) in [5.41, 5.74) is -0.605. The molecule has 0 aromatic heterocycles. The highest BCUT2D eigenvalue weighted by Crippen LogP contribution is 2.23. The van der Waals surface area contributed by atoms with E-state index in [1.165, 1.54) is 13.0 Å². The van der Waals surface area contributed by atoms with Gasteiger partial charge in [-0.1, -0.05) is 6.92 Å². The summed E-state index contributed by atoms with van der Waals surface area (Å²) >= 11 is 0. The van der Waals surface area contributed by atoms with Crippen molar-refractivity contribution in [2.45, 2.75) is 50.7 Å². The standard InChI is InChI=1S/C15H29N3O2/c1-3-10-18-11-4-13(5-12-18)17-14(19)15(20-2)6-8-16-9-7-15/h13,16H,3-12H2,1-2H3,(H,17,19). The number of ether oxygens (including phenoxy) is 1. The molecule has 0 radical (unpaired) electrons. The van der Waals surface area contributed by atoms with Crippen LogP contribution in [0.4, 0.5) is 0 Å². The first-order valence-corrected chi connectivity index (χ1v) is 7.99. The molecule has 0 aromatic rings.